The van der Waals surface area contributed by atoms with Gasteiger partial charge < -0.3 is 5.32 Å². The molecule has 0 aliphatic heterocycles. The van der Waals surface area contributed by atoms with Crippen molar-refractivity contribution in [3.05, 3.63) is 38.5 Å². The van der Waals surface area contributed by atoms with Gasteiger partial charge in [-0.25, -0.2) is 4.98 Å². The third-order valence-electron chi connectivity index (χ3n) is 2.27. The molecule has 80 valence electrons. The number of thiazole rings is 1. The molecule has 0 aliphatic carbocycles. The van der Waals surface area contributed by atoms with Gasteiger partial charge >= 0.3 is 0 Å². The second-order valence-electron chi connectivity index (χ2n) is 3.33. The Hall–Kier alpha value is -0.710. The molecule has 0 aliphatic rings. The summed E-state index contributed by atoms with van der Waals surface area (Å²) in [7, 11) is 0. The van der Waals surface area contributed by atoms with Crippen LogP contribution in [-0.4, -0.2) is 11.5 Å². The van der Waals surface area contributed by atoms with Gasteiger partial charge in [0.05, 0.1) is 6.04 Å². The van der Waals surface area contributed by atoms with Crippen molar-refractivity contribution in [3.8, 4) is 0 Å². The third kappa shape index (κ3) is 2.27. The summed E-state index contributed by atoms with van der Waals surface area (Å²) in [6.45, 7) is 5.24. The van der Waals surface area contributed by atoms with E-state index in [2.05, 4.69) is 35.6 Å². The molecule has 2 heterocycles. The Morgan fingerprint density at radius 1 is 1.40 bits per heavy atom. The Labute approximate surface area is 98.0 Å². The van der Waals surface area contributed by atoms with E-state index < -0.39 is 0 Å². The largest absolute Gasteiger partial charge is 0.304 e. The van der Waals surface area contributed by atoms with Crippen molar-refractivity contribution >= 4 is 22.7 Å². The lowest BCUT2D eigenvalue weighted by molar-refractivity contribution is 0.633. The van der Waals surface area contributed by atoms with E-state index in [0.717, 1.165) is 11.6 Å². The van der Waals surface area contributed by atoms with Crippen molar-refractivity contribution < 1.29 is 0 Å². The summed E-state index contributed by atoms with van der Waals surface area (Å²) in [5, 5.41) is 8.81. The Morgan fingerprint density at radius 2 is 2.27 bits per heavy atom. The molecule has 0 bridgehead atoms. The molecule has 0 saturated heterocycles. The lowest BCUT2D eigenvalue weighted by Gasteiger charge is -2.14. The van der Waals surface area contributed by atoms with Crippen LogP contribution in [0.4, 0.5) is 0 Å². The van der Waals surface area contributed by atoms with Crippen LogP contribution < -0.4 is 5.32 Å². The highest BCUT2D eigenvalue weighted by molar-refractivity contribution is 7.11. The van der Waals surface area contributed by atoms with Crippen LogP contribution in [0.15, 0.2) is 23.0 Å². The van der Waals surface area contributed by atoms with E-state index in [1.807, 2.05) is 11.6 Å². The molecule has 0 spiro atoms. The van der Waals surface area contributed by atoms with Gasteiger partial charge in [-0.1, -0.05) is 6.92 Å². The maximum atomic E-state index is 4.39. The number of aromatic nitrogens is 1. The van der Waals surface area contributed by atoms with Gasteiger partial charge in [0.2, 0.25) is 0 Å². The first-order valence-electron chi connectivity index (χ1n) is 4.99. The molecule has 1 unspecified atom stereocenters. The van der Waals surface area contributed by atoms with Gasteiger partial charge in [-0.05, 0) is 30.5 Å². The van der Waals surface area contributed by atoms with Crippen LogP contribution in [0.1, 0.15) is 28.4 Å². The molecule has 1 N–H and O–H groups in total. The monoisotopic (exact) mass is 238 g/mol. The fourth-order valence-electron chi connectivity index (χ4n) is 1.55. The minimum absolute atomic E-state index is 0.273. The fraction of sp³-hybridized carbons (Fsp3) is 0.364. The minimum atomic E-state index is 0.273. The van der Waals surface area contributed by atoms with Gasteiger partial charge in [0, 0.05) is 16.5 Å². The average Bonchev–Trinajstić information content (AvgIpc) is 2.85. The number of hydrogen-bond acceptors (Lipinski definition) is 4. The Bertz CT molecular complexity index is 406. The van der Waals surface area contributed by atoms with Gasteiger partial charge in [0.15, 0.2) is 0 Å². The van der Waals surface area contributed by atoms with Gasteiger partial charge in [-0.2, -0.15) is 0 Å². The number of nitrogens with zero attached hydrogens (tertiary/aromatic N) is 1. The molecule has 1 atom stereocenters. The van der Waals surface area contributed by atoms with Crippen LogP contribution in [0.25, 0.3) is 0 Å². The summed E-state index contributed by atoms with van der Waals surface area (Å²) in [5.41, 5.74) is 1.35. The number of nitrogens with one attached hydrogen (secondary N) is 1. The van der Waals surface area contributed by atoms with Crippen molar-refractivity contribution in [2.24, 2.45) is 0 Å². The summed E-state index contributed by atoms with van der Waals surface area (Å²) in [4.78, 5) is 5.78. The molecule has 2 nitrogen and oxygen atoms in total. The van der Waals surface area contributed by atoms with E-state index >= 15 is 0 Å². The molecule has 0 saturated carbocycles. The molecule has 0 fully saturated rings. The Balaban J connectivity index is 2.32. The molecule has 4 heteroatoms. The fourth-order valence-corrected chi connectivity index (χ4v) is 3.35. The smallest absolute Gasteiger partial charge is 0.115 e. The molecule has 15 heavy (non-hydrogen) atoms. The summed E-state index contributed by atoms with van der Waals surface area (Å²) in [6.07, 6.45) is 1.87. The van der Waals surface area contributed by atoms with Gasteiger partial charge in [-0.15, -0.1) is 22.7 Å². The van der Waals surface area contributed by atoms with E-state index in [4.69, 9.17) is 0 Å². The van der Waals surface area contributed by atoms with Crippen molar-refractivity contribution in [1.29, 1.82) is 0 Å². The van der Waals surface area contributed by atoms with Crippen molar-refractivity contribution in [1.82, 2.24) is 10.3 Å². The highest BCUT2D eigenvalue weighted by Gasteiger charge is 2.18. The summed E-state index contributed by atoms with van der Waals surface area (Å²) in [5.74, 6) is 0. The maximum absolute atomic E-state index is 4.39. The second kappa shape index (κ2) is 4.88. The third-order valence-corrected chi connectivity index (χ3v) is 4.19. The van der Waals surface area contributed by atoms with Crippen LogP contribution >= 0.6 is 22.7 Å². The van der Waals surface area contributed by atoms with E-state index in [0.29, 0.717) is 0 Å². The number of aryl methyl sites for hydroxylation is 1. The molecule has 0 aromatic carbocycles. The van der Waals surface area contributed by atoms with Crippen molar-refractivity contribution in [2.45, 2.75) is 19.9 Å². The van der Waals surface area contributed by atoms with Crippen LogP contribution in [0.3, 0.4) is 0 Å². The number of thiophene rings is 1. The molecular formula is C11H14N2S2. The molecule has 0 amide bonds. The van der Waals surface area contributed by atoms with Crippen LogP contribution in [0.5, 0.6) is 0 Å². The van der Waals surface area contributed by atoms with E-state index in [-0.39, 0.29) is 6.04 Å². The summed E-state index contributed by atoms with van der Waals surface area (Å²) < 4.78 is 0. The van der Waals surface area contributed by atoms with Crippen LogP contribution in [-0.2, 0) is 0 Å². The van der Waals surface area contributed by atoms with Crippen molar-refractivity contribution in [2.75, 3.05) is 6.54 Å². The molecule has 2 aromatic heterocycles. The first-order valence-corrected chi connectivity index (χ1v) is 6.75. The first-order chi connectivity index (χ1) is 7.33. The quantitative estimate of drug-likeness (QED) is 0.884. The standard InChI is InChI=1S/C11H14N2S2/c1-3-12-9(11-13-5-7-15-11)10-8(2)4-6-14-10/h4-7,9,12H,3H2,1-2H3. The van der Waals surface area contributed by atoms with Crippen LogP contribution in [0.2, 0.25) is 0 Å². The SMILES string of the molecule is CCNC(c1nccs1)c1sccc1C. The predicted octanol–water partition coefficient (Wildman–Crippen LogP) is 3.21. The average molecular weight is 238 g/mol. The number of hydrogen-bond donors (Lipinski definition) is 1. The lowest BCUT2D eigenvalue weighted by atomic mass is 10.2. The zero-order valence-electron chi connectivity index (χ0n) is 8.86. The van der Waals surface area contributed by atoms with Gasteiger partial charge in [-0.3, -0.25) is 0 Å². The lowest BCUT2D eigenvalue weighted by Crippen LogP contribution is -2.21. The molecular weight excluding hydrogens is 224 g/mol. The highest BCUT2D eigenvalue weighted by atomic mass is 32.1. The zero-order valence-corrected chi connectivity index (χ0v) is 10.5. The summed E-state index contributed by atoms with van der Waals surface area (Å²) in [6, 6.07) is 2.44. The maximum Gasteiger partial charge on any atom is 0.115 e. The predicted molar refractivity (Wildman–Crippen MR) is 66.7 cm³/mol. The van der Waals surface area contributed by atoms with Crippen molar-refractivity contribution in [3.63, 3.8) is 0 Å². The second-order valence-corrected chi connectivity index (χ2v) is 5.20. The number of rotatable bonds is 4. The highest BCUT2D eigenvalue weighted by Crippen LogP contribution is 2.30. The molecule has 0 radical (unpaired) electrons. The first kappa shape index (κ1) is 10.8. The van der Waals surface area contributed by atoms with E-state index in [1.54, 1.807) is 22.7 Å². The van der Waals surface area contributed by atoms with Gasteiger partial charge in [0.25, 0.3) is 0 Å². The topological polar surface area (TPSA) is 24.9 Å². The summed E-state index contributed by atoms with van der Waals surface area (Å²) >= 11 is 3.51. The minimum Gasteiger partial charge on any atom is -0.304 e. The molecule has 2 rings (SSSR count). The van der Waals surface area contributed by atoms with Gasteiger partial charge in [0.1, 0.15) is 5.01 Å². The Morgan fingerprint density at radius 3 is 2.80 bits per heavy atom. The normalized spacial score (nSPS) is 12.9. The Kier molecular flexibility index (Phi) is 3.51. The van der Waals surface area contributed by atoms with E-state index in [9.17, 15) is 0 Å². The molecule has 2 aromatic rings. The van der Waals surface area contributed by atoms with E-state index in [1.165, 1.54) is 10.4 Å². The zero-order chi connectivity index (χ0) is 10.7. The van der Waals surface area contributed by atoms with Crippen LogP contribution in [0, 0.1) is 6.92 Å².